The Morgan fingerprint density at radius 2 is 2.24 bits per heavy atom. The van der Waals surface area contributed by atoms with E-state index in [0.717, 1.165) is 12.8 Å². The molecule has 0 bridgehead atoms. The minimum Gasteiger partial charge on any atom is -0.466 e. The van der Waals surface area contributed by atoms with Crippen molar-refractivity contribution in [3.05, 3.63) is 35.6 Å². The first kappa shape index (κ1) is 15.5. The van der Waals surface area contributed by atoms with Crippen molar-refractivity contribution < 1.29 is 18.7 Å². The van der Waals surface area contributed by atoms with Crippen LogP contribution in [-0.4, -0.2) is 36.5 Å². The second kappa shape index (κ2) is 7.20. The van der Waals surface area contributed by atoms with Gasteiger partial charge in [-0.2, -0.15) is 0 Å². The maximum atomic E-state index is 13.1. The van der Waals surface area contributed by atoms with E-state index in [1.54, 1.807) is 24.0 Å². The highest BCUT2D eigenvalue weighted by molar-refractivity contribution is 5.80. The van der Waals surface area contributed by atoms with E-state index in [4.69, 9.17) is 4.74 Å². The Morgan fingerprint density at radius 3 is 2.95 bits per heavy atom. The molecule has 1 saturated heterocycles. The molecule has 1 heterocycles. The van der Waals surface area contributed by atoms with Crippen LogP contribution in [0.3, 0.4) is 0 Å². The summed E-state index contributed by atoms with van der Waals surface area (Å²) in [6.07, 6.45) is 1.70. The molecule has 1 aliphatic rings. The van der Waals surface area contributed by atoms with Gasteiger partial charge >= 0.3 is 5.97 Å². The van der Waals surface area contributed by atoms with E-state index < -0.39 is 0 Å². The van der Waals surface area contributed by atoms with Crippen LogP contribution in [-0.2, 0) is 20.7 Å². The molecule has 0 spiro atoms. The number of piperidine rings is 1. The average molecular weight is 293 g/mol. The van der Waals surface area contributed by atoms with Gasteiger partial charge in [-0.15, -0.1) is 0 Å². The maximum Gasteiger partial charge on any atom is 0.310 e. The van der Waals surface area contributed by atoms with Gasteiger partial charge in [0, 0.05) is 13.1 Å². The lowest BCUT2D eigenvalue weighted by atomic mass is 9.97. The number of carbonyl (C=O) groups is 2. The van der Waals surface area contributed by atoms with Gasteiger partial charge in [-0.25, -0.2) is 4.39 Å². The van der Waals surface area contributed by atoms with Crippen LogP contribution >= 0.6 is 0 Å². The fourth-order valence-electron chi connectivity index (χ4n) is 2.59. The summed E-state index contributed by atoms with van der Waals surface area (Å²) >= 11 is 0. The molecule has 1 fully saturated rings. The van der Waals surface area contributed by atoms with Crippen LogP contribution in [0.25, 0.3) is 0 Å². The lowest BCUT2D eigenvalue weighted by molar-refractivity contribution is -0.151. The van der Waals surface area contributed by atoms with Crippen molar-refractivity contribution in [3.8, 4) is 0 Å². The summed E-state index contributed by atoms with van der Waals surface area (Å²) in [5.74, 6) is -0.895. The number of rotatable bonds is 4. The van der Waals surface area contributed by atoms with Crippen LogP contribution in [0.4, 0.5) is 4.39 Å². The molecule has 1 aromatic rings. The quantitative estimate of drug-likeness (QED) is 0.799. The number of likely N-dealkylation sites (tertiary alicyclic amines) is 1. The first-order valence-electron chi connectivity index (χ1n) is 7.29. The minimum absolute atomic E-state index is 0.0744. The fraction of sp³-hybridized carbons (Fsp3) is 0.500. The van der Waals surface area contributed by atoms with Gasteiger partial charge in [0.25, 0.3) is 0 Å². The van der Waals surface area contributed by atoms with Gasteiger partial charge in [-0.3, -0.25) is 9.59 Å². The molecule has 1 atom stereocenters. The molecule has 0 radical (unpaired) electrons. The molecule has 0 aliphatic carbocycles. The fourth-order valence-corrected chi connectivity index (χ4v) is 2.59. The molecule has 21 heavy (non-hydrogen) atoms. The molecule has 114 valence electrons. The molecule has 0 aromatic heterocycles. The third-order valence-corrected chi connectivity index (χ3v) is 3.64. The SMILES string of the molecule is CCOC(=O)C1CCCN(C(=O)Cc2cccc(F)c2)C1. The number of benzene rings is 1. The van der Waals surface area contributed by atoms with Gasteiger partial charge in [0.15, 0.2) is 0 Å². The van der Waals surface area contributed by atoms with E-state index in [1.807, 2.05) is 0 Å². The zero-order chi connectivity index (χ0) is 15.2. The molecule has 4 nitrogen and oxygen atoms in total. The zero-order valence-electron chi connectivity index (χ0n) is 12.2. The number of hydrogen-bond donors (Lipinski definition) is 0. The van der Waals surface area contributed by atoms with Gasteiger partial charge in [0.1, 0.15) is 5.82 Å². The highest BCUT2D eigenvalue weighted by Crippen LogP contribution is 2.19. The Hall–Kier alpha value is -1.91. The summed E-state index contributed by atoms with van der Waals surface area (Å²) in [6.45, 7) is 3.16. The Bertz CT molecular complexity index is 518. The lowest BCUT2D eigenvalue weighted by Gasteiger charge is -2.31. The van der Waals surface area contributed by atoms with Crippen LogP contribution in [0.15, 0.2) is 24.3 Å². The Labute approximate surface area is 123 Å². The monoisotopic (exact) mass is 293 g/mol. The zero-order valence-corrected chi connectivity index (χ0v) is 12.2. The molecular weight excluding hydrogens is 273 g/mol. The lowest BCUT2D eigenvalue weighted by Crippen LogP contribution is -2.43. The highest BCUT2D eigenvalue weighted by Gasteiger charge is 2.29. The van der Waals surface area contributed by atoms with Crippen molar-refractivity contribution in [3.63, 3.8) is 0 Å². The number of carbonyl (C=O) groups excluding carboxylic acids is 2. The van der Waals surface area contributed by atoms with Crippen molar-refractivity contribution in [1.82, 2.24) is 4.90 Å². The molecule has 1 aromatic carbocycles. The van der Waals surface area contributed by atoms with E-state index in [9.17, 15) is 14.0 Å². The highest BCUT2D eigenvalue weighted by atomic mass is 19.1. The van der Waals surface area contributed by atoms with Crippen molar-refractivity contribution in [2.75, 3.05) is 19.7 Å². The van der Waals surface area contributed by atoms with Crippen LogP contribution in [0.2, 0.25) is 0 Å². The number of hydrogen-bond acceptors (Lipinski definition) is 3. The molecule has 1 aliphatic heterocycles. The summed E-state index contributed by atoms with van der Waals surface area (Å²) in [4.78, 5) is 25.7. The van der Waals surface area contributed by atoms with E-state index in [-0.39, 0.29) is 30.0 Å². The van der Waals surface area contributed by atoms with Gasteiger partial charge < -0.3 is 9.64 Å². The summed E-state index contributed by atoms with van der Waals surface area (Å²) in [6, 6.07) is 6.04. The largest absolute Gasteiger partial charge is 0.466 e. The predicted molar refractivity (Wildman–Crippen MR) is 76.0 cm³/mol. The van der Waals surface area contributed by atoms with Gasteiger partial charge in [-0.05, 0) is 37.5 Å². The third kappa shape index (κ3) is 4.28. The second-order valence-corrected chi connectivity index (χ2v) is 5.24. The Morgan fingerprint density at radius 1 is 1.43 bits per heavy atom. The average Bonchev–Trinajstić information content (AvgIpc) is 2.47. The van der Waals surface area contributed by atoms with Crippen molar-refractivity contribution in [2.24, 2.45) is 5.92 Å². The second-order valence-electron chi connectivity index (χ2n) is 5.24. The Balaban J connectivity index is 1.94. The van der Waals surface area contributed by atoms with Gasteiger partial charge in [-0.1, -0.05) is 12.1 Å². The summed E-state index contributed by atoms with van der Waals surface area (Å²) in [5.41, 5.74) is 0.651. The molecule has 5 heteroatoms. The number of esters is 1. The van der Waals surface area contributed by atoms with E-state index >= 15 is 0 Å². The van der Waals surface area contributed by atoms with E-state index in [2.05, 4.69) is 0 Å². The number of halogens is 1. The standard InChI is InChI=1S/C16H20FNO3/c1-2-21-16(20)13-6-4-8-18(11-13)15(19)10-12-5-3-7-14(17)9-12/h3,5,7,9,13H,2,4,6,8,10-11H2,1H3. The van der Waals surface area contributed by atoms with Crippen LogP contribution in [0.1, 0.15) is 25.3 Å². The van der Waals surface area contributed by atoms with Crippen molar-refractivity contribution in [1.29, 1.82) is 0 Å². The van der Waals surface area contributed by atoms with Crippen molar-refractivity contribution in [2.45, 2.75) is 26.2 Å². The first-order valence-corrected chi connectivity index (χ1v) is 7.29. The first-order chi connectivity index (χ1) is 10.1. The smallest absolute Gasteiger partial charge is 0.310 e. The predicted octanol–water partition coefficient (Wildman–Crippen LogP) is 2.17. The topological polar surface area (TPSA) is 46.6 Å². The summed E-state index contributed by atoms with van der Waals surface area (Å²) in [5, 5.41) is 0. The molecule has 0 saturated carbocycles. The molecule has 2 rings (SSSR count). The summed E-state index contributed by atoms with van der Waals surface area (Å²) < 4.78 is 18.1. The van der Waals surface area contributed by atoms with E-state index in [0.29, 0.717) is 25.3 Å². The van der Waals surface area contributed by atoms with Crippen LogP contribution < -0.4 is 0 Å². The normalized spacial score (nSPS) is 18.4. The van der Waals surface area contributed by atoms with Gasteiger partial charge in [0.05, 0.1) is 18.9 Å². The third-order valence-electron chi connectivity index (χ3n) is 3.64. The van der Waals surface area contributed by atoms with E-state index in [1.165, 1.54) is 12.1 Å². The van der Waals surface area contributed by atoms with Gasteiger partial charge in [0.2, 0.25) is 5.91 Å². The van der Waals surface area contributed by atoms with Crippen LogP contribution in [0.5, 0.6) is 0 Å². The molecule has 0 N–H and O–H groups in total. The Kier molecular flexibility index (Phi) is 5.31. The number of nitrogens with zero attached hydrogens (tertiary/aromatic N) is 1. The minimum atomic E-state index is -0.344. The number of amides is 1. The van der Waals surface area contributed by atoms with Crippen LogP contribution in [0, 0.1) is 11.7 Å². The maximum absolute atomic E-state index is 13.1. The van der Waals surface area contributed by atoms with Crippen molar-refractivity contribution >= 4 is 11.9 Å². The summed E-state index contributed by atoms with van der Waals surface area (Å²) in [7, 11) is 0. The molecule has 1 amide bonds. The molecule has 1 unspecified atom stereocenters. The number of ether oxygens (including phenoxy) is 1. The molecular formula is C16H20FNO3.